The number of hydrogen-bond acceptors (Lipinski definition) is 4. The third kappa shape index (κ3) is 4.59. The number of hydrogen-bond donors (Lipinski definition) is 2. The third-order valence-electron chi connectivity index (χ3n) is 5.81. The quantitative estimate of drug-likeness (QED) is 0.519. The fraction of sp³-hybridized carbons (Fsp3) is 0.360. The number of aliphatic hydroxyl groups is 2. The van der Waals surface area contributed by atoms with Gasteiger partial charge in [0.1, 0.15) is 17.4 Å². The molecular formula is C25H25ClF2O4. The Kier molecular flexibility index (Phi) is 6.96. The minimum Gasteiger partial charge on any atom is -0.494 e. The molecule has 4 nitrogen and oxygen atoms in total. The van der Waals surface area contributed by atoms with E-state index in [1.54, 1.807) is 13.0 Å². The van der Waals surface area contributed by atoms with Crippen molar-refractivity contribution in [1.29, 1.82) is 0 Å². The molecule has 1 saturated heterocycles. The molecule has 0 radical (unpaired) electrons. The molecule has 0 bridgehead atoms. The maximum atomic E-state index is 14.7. The van der Waals surface area contributed by atoms with E-state index in [0.29, 0.717) is 30.0 Å². The molecule has 3 atom stereocenters. The summed E-state index contributed by atoms with van der Waals surface area (Å²) < 4.78 is 40.7. The molecule has 0 aromatic heterocycles. The maximum absolute atomic E-state index is 14.7. The summed E-state index contributed by atoms with van der Waals surface area (Å²) in [6.07, 6.45) is -0.930. The molecule has 170 valence electrons. The van der Waals surface area contributed by atoms with Gasteiger partial charge in [-0.25, -0.2) is 8.78 Å². The van der Waals surface area contributed by atoms with Gasteiger partial charge in [-0.1, -0.05) is 41.9 Å². The number of fused-ring (bicyclic) bond motifs is 1. The highest BCUT2D eigenvalue weighted by Gasteiger charge is 2.31. The fourth-order valence-corrected chi connectivity index (χ4v) is 4.61. The first-order chi connectivity index (χ1) is 15.4. The molecule has 0 amide bonds. The lowest BCUT2D eigenvalue weighted by atomic mass is 9.90. The zero-order chi connectivity index (χ0) is 22.8. The Morgan fingerprint density at radius 1 is 1.09 bits per heavy atom. The molecule has 3 aromatic rings. The van der Waals surface area contributed by atoms with Crippen molar-refractivity contribution in [2.75, 3.05) is 13.2 Å². The summed E-state index contributed by atoms with van der Waals surface area (Å²) in [4.78, 5) is 0. The van der Waals surface area contributed by atoms with E-state index in [9.17, 15) is 19.0 Å². The van der Waals surface area contributed by atoms with Crippen LogP contribution in [0.25, 0.3) is 10.8 Å². The van der Waals surface area contributed by atoms with Gasteiger partial charge in [-0.2, -0.15) is 0 Å². The minimum absolute atomic E-state index is 0.0561. The number of halogens is 3. The second kappa shape index (κ2) is 9.71. The van der Waals surface area contributed by atoms with E-state index in [4.69, 9.17) is 21.1 Å². The zero-order valence-corrected chi connectivity index (χ0v) is 18.4. The maximum Gasteiger partial charge on any atom is 0.133 e. The average Bonchev–Trinajstić information content (AvgIpc) is 2.77. The van der Waals surface area contributed by atoms with Crippen LogP contribution in [0, 0.1) is 11.6 Å². The molecule has 1 fully saturated rings. The van der Waals surface area contributed by atoms with Crippen LogP contribution in [0.4, 0.5) is 8.78 Å². The van der Waals surface area contributed by atoms with Gasteiger partial charge in [0.15, 0.2) is 0 Å². The Labute approximate surface area is 190 Å². The van der Waals surface area contributed by atoms with E-state index in [1.807, 2.05) is 24.3 Å². The molecule has 3 aromatic carbocycles. The lowest BCUT2D eigenvalue weighted by Gasteiger charge is -2.33. The van der Waals surface area contributed by atoms with Crippen LogP contribution in [-0.4, -0.2) is 35.6 Å². The highest BCUT2D eigenvalue weighted by molar-refractivity contribution is 6.36. The molecule has 1 heterocycles. The monoisotopic (exact) mass is 462 g/mol. The summed E-state index contributed by atoms with van der Waals surface area (Å²) in [5, 5.41) is 21.8. The first-order valence-corrected chi connectivity index (χ1v) is 11.0. The zero-order valence-electron chi connectivity index (χ0n) is 17.7. The van der Waals surface area contributed by atoms with Crippen LogP contribution in [0.1, 0.15) is 42.6 Å². The van der Waals surface area contributed by atoms with Crippen molar-refractivity contribution in [2.24, 2.45) is 0 Å². The van der Waals surface area contributed by atoms with Crippen LogP contribution >= 0.6 is 11.6 Å². The molecule has 0 aliphatic carbocycles. The number of ether oxygens (including phenoxy) is 2. The van der Waals surface area contributed by atoms with Crippen LogP contribution in [0.5, 0.6) is 5.75 Å². The van der Waals surface area contributed by atoms with Gasteiger partial charge in [0.25, 0.3) is 0 Å². The average molecular weight is 463 g/mol. The van der Waals surface area contributed by atoms with Crippen molar-refractivity contribution in [3.05, 3.63) is 75.8 Å². The number of rotatable bonds is 6. The largest absolute Gasteiger partial charge is 0.494 e. The smallest absolute Gasteiger partial charge is 0.133 e. The molecule has 32 heavy (non-hydrogen) atoms. The molecule has 3 unspecified atom stereocenters. The van der Waals surface area contributed by atoms with E-state index < -0.39 is 29.9 Å². The Hall–Kier alpha value is -2.25. The van der Waals surface area contributed by atoms with Gasteiger partial charge in [0, 0.05) is 42.3 Å². The van der Waals surface area contributed by atoms with Gasteiger partial charge in [-0.15, -0.1) is 0 Å². The van der Waals surface area contributed by atoms with E-state index in [-0.39, 0.29) is 24.3 Å². The van der Waals surface area contributed by atoms with Crippen molar-refractivity contribution in [2.45, 2.75) is 44.5 Å². The van der Waals surface area contributed by atoms with Gasteiger partial charge in [-0.05, 0) is 23.4 Å². The fourth-order valence-electron chi connectivity index (χ4n) is 4.32. The highest BCUT2D eigenvalue weighted by Crippen LogP contribution is 2.40. The third-order valence-corrected chi connectivity index (χ3v) is 6.25. The topological polar surface area (TPSA) is 58.9 Å². The summed E-state index contributed by atoms with van der Waals surface area (Å²) in [5.74, 6) is -1.27. The Balaban J connectivity index is 1.79. The van der Waals surface area contributed by atoms with Crippen LogP contribution in [0.15, 0.2) is 42.5 Å². The molecule has 0 saturated carbocycles. The number of benzene rings is 3. The molecule has 0 spiro atoms. The first kappa shape index (κ1) is 22.9. The lowest BCUT2D eigenvalue weighted by Crippen LogP contribution is -2.33. The number of aliphatic hydroxyl groups excluding tert-OH is 2. The Morgan fingerprint density at radius 3 is 2.44 bits per heavy atom. The second-order valence-corrected chi connectivity index (χ2v) is 8.39. The van der Waals surface area contributed by atoms with Crippen molar-refractivity contribution in [3.8, 4) is 5.75 Å². The van der Waals surface area contributed by atoms with Gasteiger partial charge >= 0.3 is 0 Å². The standard InChI is InChI=1S/C25H25ClF2O4/c1-2-31-16-11-22(27)21(23(28)12-16)8-14-7-20(18-5-3-4-6-19(18)25(14)26)24-10-15(30)9-17(13-29)32-24/h3-7,11-12,15,17,24,29-30H,2,8-10,13H2,1H3. The Bertz CT molecular complexity index is 1100. The highest BCUT2D eigenvalue weighted by atomic mass is 35.5. The van der Waals surface area contributed by atoms with Crippen LogP contribution in [-0.2, 0) is 11.2 Å². The molecule has 4 rings (SSSR count). The van der Waals surface area contributed by atoms with Gasteiger partial charge < -0.3 is 19.7 Å². The van der Waals surface area contributed by atoms with Gasteiger partial charge in [0.05, 0.1) is 36.5 Å². The predicted octanol–water partition coefficient (Wildman–Crippen LogP) is 5.33. The summed E-state index contributed by atoms with van der Waals surface area (Å²) >= 11 is 6.67. The van der Waals surface area contributed by atoms with Crippen molar-refractivity contribution >= 4 is 22.4 Å². The first-order valence-electron chi connectivity index (χ1n) is 10.7. The van der Waals surface area contributed by atoms with E-state index >= 15 is 0 Å². The molecule has 1 aliphatic rings. The Morgan fingerprint density at radius 2 is 1.78 bits per heavy atom. The molecule has 2 N–H and O–H groups in total. The van der Waals surface area contributed by atoms with Crippen molar-refractivity contribution in [3.63, 3.8) is 0 Å². The van der Waals surface area contributed by atoms with E-state index in [0.717, 1.165) is 16.3 Å². The summed E-state index contributed by atoms with van der Waals surface area (Å²) in [6.45, 7) is 1.85. The molecule has 7 heteroatoms. The van der Waals surface area contributed by atoms with Crippen LogP contribution in [0.2, 0.25) is 5.02 Å². The lowest BCUT2D eigenvalue weighted by molar-refractivity contribution is -0.113. The van der Waals surface area contributed by atoms with Crippen molar-refractivity contribution < 1.29 is 28.5 Å². The normalized spacial score (nSPS) is 21.1. The summed E-state index contributed by atoms with van der Waals surface area (Å²) in [6, 6.07) is 11.6. The van der Waals surface area contributed by atoms with E-state index in [1.165, 1.54) is 12.1 Å². The second-order valence-electron chi connectivity index (χ2n) is 8.01. The van der Waals surface area contributed by atoms with Crippen LogP contribution < -0.4 is 4.74 Å². The summed E-state index contributed by atoms with van der Waals surface area (Å²) in [5.41, 5.74) is 1.21. The van der Waals surface area contributed by atoms with Gasteiger partial charge in [0.2, 0.25) is 0 Å². The van der Waals surface area contributed by atoms with Crippen molar-refractivity contribution in [1.82, 2.24) is 0 Å². The van der Waals surface area contributed by atoms with E-state index in [2.05, 4.69) is 0 Å². The summed E-state index contributed by atoms with van der Waals surface area (Å²) in [7, 11) is 0. The predicted molar refractivity (Wildman–Crippen MR) is 119 cm³/mol. The van der Waals surface area contributed by atoms with Gasteiger partial charge in [-0.3, -0.25) is 0 Å². The minimum atomic E-state index is -0.705. The SMILES string of the molecule is CCOc1cc(F)c(Cc2cc(C3CC(O)CC(CO)O3)c3ccccc3c2Cl)c(F)c1. The molecule has 1 aliphatic heterocycles. The van der Waals surface area contributed by atoms with Crippen LogP contribution in [0.3, 0.4) is 0 Å². The molecular weight excluding hydrogens is 438 g/mol.